The molecular weight excluding hydrogens is 204 g/mol. The van der Waals surface area contributed by atoms with Crippen LogP contribution in [0.3, 0.4) is 0 Å². The molecule has 1 N–H and O–H groups in total. The number of aliphatic hydroxyl groups excluding tert-OH is 1. The van der Waals surface area contributed by atoms with Gasteiger partial charge in [-0.2, -0.15) is 0 Å². The van der Waals surface area contributed by atoms with Gasteiger partial charge in [-0.15, -0.1) is 0 Å². The summed E-state index contributed by atoms with van der Waals surface area (Å²) in [7, 11) is 1.92. The van der Waals surface area contributed by atoms with Crippen LogP contribution in [0.15, 0.2) is 24.5 Å². The third-order valence-corrected chi connectivity index (χ3v) is 2.61. The van der Waals surface area contributed by atoms with E-state index in [4.69, 9.17) is 5.11 Å². The number of Topliss-reactive ketones (excluding diaryl/α,β-unsaturated/α-hetero) is 1. The number of aryl methyl sites for hydroxylation is 1. The lowest BCUT2D eigenvalue weighted by Gasteiger charge is -2.00. The highest BCUT2D eigenvalue weighted by molar-refractivity contribution is 5.98. The number of aliphatic hydroxyl groups is 1. The average molecular weight is 218 g/mol. The minimum atomic E-state index is 0.0531. The minimum absolute atomic E-state index is 0.0531. The zero-order valence-electron chi connectivity index (χ0n) is 9.18. The lowest BCUT2D eigenvalue weighted by Crippen LogP contribution is -2.00. The second kappa shape index (κ2) is 4.45. The molecule has 0 saturated carbocycles. The van der Waals surface area contributed by atoms with Crippen LogP contribution in [0, 0.1) is 0 Å². The van der Waals surface area contributed by atoms with Crippen LogP contribution >= 0.6 is 0 Å². The quantitative estimate of drug-likeness (QED) is 0.792. The van der Waals surface area contributed by atoms with Crippen molar-refractivity contribution in [3.63, 3.8) is 0 Å². The van der Waals surface area contributed by atoms with Gasteiger partial charge < -0.3 is 9.67 Å². The Morgan fingerprint density at radius 2 is 2.31 bits per heavy atom. The van der Waals surface area contributed by atoms with E-state index in [1.54, 1.807) is 12.4 Å². The fourth-order valence-electron chi connectivity index (χ4n) is 1.69. The summed E-state index contributed by atoms with van der Waals surface area (Å²) in [6.07, 6.45) is 2.63. The first-order valence-corrected chi connectivity index (χ1v) is 5.27. The molecule has 2 aromatic rings. The molecule has 1 aromatic heterocycles. The van der Waals surface area contributed by atoms with Gasteiger partial charge in [0.15, 0.2) is 5.78 Å². The monoisotopic (exact) mass is 218 g/mol. The van der Waals surface area contributed by atoms with E-state index < -0.39 is 0 Å². The first kappa shape index (κ1) is 10.8. The molecular formula is C12H14N2O2. The van der Waals surface area contributed by atoms with E-state index >= 15 is 0 Å². The number of hydrogen-bond donors (Lipinski definition) is 1. The van der Waals surface area contributed by atoms with Gasteiger partial charge in [0.2, 0.25) is 0 Å². The molecule has 0 aliphatic rings. The highest BCUT2D eigenvalue weighted by Crippen LogP contribution is 2.15. The molecule has 1 aromatic carbocycles. The molecule has 0 aliphatic heterocycles. The van der Waals surface area contributed by atoms with Gasteiger partial charge in [-0.1, -0.05) is 0 Å². The average Bonchev–Trinajstić information content (AvgIpc) is 2.67. The SMILES string of the molecule is Cn1cnc2cc(C(=O)CCCO)ccc21. The van der Waals surface area contributed by atoms with Crippen molar-refractivity contribution in [1.29, 1.82) is 0 Å². The van der Waals surface area contributed by atoms with Crippen LogP contribution < -0.4 is 0 Å². The van der Waals surface area contributed by atoms with Crippen molar-refractivity contribution < 1.29 is 9.90 Å². The lowest BCUT2D eigenvalue weighted by atomic mass is 10.1. The van der Waals surface area contributed by atoms with Crippen LogP contribution in [-0.4, -0.2) is 27.0 Å². The summed E-state index contributed by atoms with van der Waals surface area (Å²) in [6.45, 7) is 0.0531. The molecule has 0 saturated heterocycles. The number of aromatic nitrogens is 2. The van der Waals surface area contributed by atoms with Gasteiger partial charge >= 0.3 is 0 Å². The Morgan fingerprint density at radius 3 is 3.06 bits per heavy atom. The second-order valence-corrected chi connectivity index (χ2v) is 3.81. The summed E-state index contributed by atoms with van der Waals surface area (Å²) in [5, 5.41) is 8.67. The third kappa shape index (κ3) is 1.97. The molecule has 84 valence electrons. The van der Waals surface area contributed by atoms with Gasteiger partial charge in [0.05, 0.1) is 17.4 Å². The highest BCUT2D eigenvalue weighted by atomic mass is 16.3. The molecule has 2 rings (SSSR count). The molecule has 1 heterocycles. The third-order valence-electron chi connectivity index (χ3n) is 2.61. The first-order chi connectivity index (χ1) is 7.72. The number of imidazole rings is 1. The fraction of sp³-hybridized carbons (Fsp3) is 0.333. The summed E-state index contributed by atoms with van der Waals surface area (Å²) in [5.41, 5.74) is 2.51. The lowest BCUT2D eigenvalue weighted by molar-refractivity contribution is 0.0971. The van der Waals surface area contributed by atoms with Crippen molar-refractivity contribution >= 4 is 16.8 Å². The van der Waals surface area contributed by atoms with Gasteiger partial charge in [0.1, 0.15) is 0 Å². The number of ketones is 1. The standard InChI is InChI=1S/C12H14N2O2/c1-14-8-13-10-7-9(4-5-11(10)14)12(16)3-2-6-15/h4-5,7-8,15H,2-3,6H2,1H3. The van der Waals surface area contributed by atoms with Gasteiger partial charge in [-0.05, 0) is 24.6 Å². The van der Waals surface area contributed by atoms with E-state index in [1.165, 1.54) is 0 Å². The normalized spacial score (nSPS) is 10.9. The molecule has 0 fully saturated rings. The van der Waals surface area contributed by atoms with Crippen molar-refractivity contribution in [1.82, 2.24) is 9.55 Å². The van der Waals surface area contributed by atoms with E-state index in [0.29, 0.717) is 18.4 Å². The molecule has 0 unspecified atom stereocenters. The summed E-state index contributed by atoms with van der Waals surface area (Å²) in [4.78, 5) is 15.9. The van der Waals surface area contributed by atoms with Crippen molar-refractivity contribution in [2.75, 3.05) is 6.61 Å². The first-order valence-electron chi connectivity index (χ1n) is 5.27. The molecule has 0 aliphatic carbocycles. The number of fused-ring (bicyclic) bond motifs is 1. The van der Waals surface area contributed by atoms with Crippen LogP contribution in [0.5, 0.6) is 0 Å². The minimum Gasteiger partial charge on any atom is -0.396 e. The van der Waals surface area contributed by atoms with Crippen molar-refractivity contribution in [2.24, 2.45) is 7.05 Å². The molecule has 0 spiro atoms. The van der Waals surface area contributed by atoms with Gasteiger partial charge in [-0.3, -0.25) is 4.79 Å². The molecule has 4 heteroatoms. The Hall–Kier alpha value is -1.68. The van der Waals surface area contributed by atoms with Crippen molar-refractivity contribution in [2.45, 2.75) is 12.8 Å². The number of carbonyl (C=O) groups is 1. The van der Waals surface area contributed by atoms with Gasteiger partial charge in [0.25, 0.3) is 0 Å². The summed E-state index contributed by atoms with van der Waals surface area (Å²) >= 11 is 0. The molecule has 4 nitrogen and oxygen atoms in total. The Bertz CT molecular complexity index is 517. The number of carbonyl (C=O) groups excluding carboxylic acids is 1. The van der Waals surface area contributed by atoms with Crippen LogP contribution in [0.4, 0.5) is 0 Å². The predicted octanol–water partition coefficient (Wildman–Crippen LogP) is 1.53. The Morgan fingerprint density at radius 1 is 1.50 bits per heavy atom. The molecule has 0 amide bonds. The largest absolute Gasteiger partial charge is 0.396 e. The van der Waals surface area contributed by atoms with E-state index in [1.807, 2.05) is 23.7 Å². The van der Waals surface area contributed by atoms with E-state index in [2.05, 4.69) is 4.98 Å². The maximum absolute atomic E-state index is 11.7. The second-order valence-electron chi connectivity index (χ2n) is 3.81. The summed E-state index contributed by atoms with van der Waals surface area (Å²) < 4.78 is 1.91. The Kier molecular flexibility index (Phi) is 3.01. The zero-order chi connectivity index (χ0) is 11.5. The highest BCUT2D eigenvalue weighted by Gasteiger charge is 2.07. The fourth-order valence-corrected chi connectivity index (χ4v) is 1.69. The zero-order valence-corrected chi connectivity index (χ0v) is 9.18. The van der Waals surface area contributed by atoms with Crippen molar-refractivity contribution in [3.8, 4) is 0 Å². The number of benzene rings is 1. The van der Waals surface area contributed by atoms with E-state index in [0.717, 1.165) is 11.0 Å². The smallest absolute Gasteiger partial charge is 0.163 e. The van der Waals surface area contributed by atoms with Crippen molar-refractivity contribution in [3.05, 3.63) is 30.1 Å². The number of nitrogens with zero attached hydrogens (tertiary/aromatic N) is 2. The summed E-state index contributed by atoms with van der Waals surface area (Å²) in [6, 6.07) is 5.51. The van der Waals surface area contributed by atoms with E-state index in [9.17, 15) is 4.79 Å². The predicted molar refractivity (Wildman–Crippen MR) is 61.4 cm³/mol. The van der Waals surface area contributed by atoms with Gasteiger partial charge in [-0.25, -0.2) is 4.98 Å². The Labute approximate surface area is 93.5 Å². The number of hydrogen-bond acceptors (Lipinski definition) is 3. The Balaban J connectivity index is 2.29. The molecule has 16 heavy (non-hydrogen) atoms. The molecule has 0 atom stereocenters. The summed E-state index contributed by atoms with van der Waals surface area (Å²) in [5.74, 6) is 0.0570. The maximum atomic E-state index is 11.7. The number of rotatable bonds is 4. The molecule has 0 radical (unpaired) electrons. The van der Waals surface area contributed by atoms with Crippen LogP contribution in [0.25, 0.3) is 11.0 Å². The van der Waals surface area contributed by atoms with Gasteiger partial charge in [0, 0.05) is 25.6 Å². The topological polar surface area (TPSA) is 55.1 Å². The van der Waals surface area contributed by atoms with Crippen LogP contribution in [-0.2, 0) is 7.05 Å². The van der Waals surface area contributed by atoms with E-state index in [-0.39, 0.29) is 12.4 Å². The molecule has 0 bridgehead atoms. The van der Waals surface area contributed by atoms with Crippen LogP contribution in [0.2, 0.25) is 0 Å². The van der Waals surface area contributed by atoms with Crippen LogP contribution in [0.1, 0.15) is 23.2 Å². The maximum Gasteiger partial charge on any atom is 0.163 e.